The van der Waals surface area contributed by atoms with Crippen molar-refractivity contribution in [1.29, 1.82) is 0 Å². The van der Waals surface area contributed by atoms with Crippen molar-refractivity contribution >= 4 is 68.5 Å². The molecule has 22 nitrogen and oxygen atoms in total. The van der Waals surface area contributed by atoms with Crippen LogP contribution in [0, 0.1) is 22.0 Å². The van der Waals surface area contributed by atoms with Crippen LogP contribution in [0.5, 0.6) is 17.4 Å². The number of nitro groups is 1. The Labute approximate surface area is 447 Å². The number of alkyl halides is 6. The number of likely N-dealkylation sites (tertiary alicyclic amines) is 1. The lowest BCUT2D eigenvalue weighted by atomic mass is 9.90. The van der Waals surface area contributed by atoms with Crippen molar-refractivity contribution < 1.29 is 96.3 Å². The second-order valence-electron chi connectivity index (χ2n) is 19.6. The van der Waals surface area contributed by atoms with Crippen LogP contribution < -0.4 is 29.6 Å². The van der Waals surface area contributed by atoms with Gasteiger partial charge in [0.1, 0.15) is 35.2 Å². The van der Waals surface area contributed by atoms with Crippen LogP contribution in [0.4, 0.5) is 41.6 Å². The highest BCUT2D eigenvalue weighted by molar-refractivity contribution is 7.85. The molecule has 30 heteroatoms. The number of pyridine rings is 1. The molecule has 1 unspecified atom stereocenters. The fourth-order valence-corrected chi connectivity index (χ4v) is 9.78. The normalized spacial score (nSPS) is 21.9. The second-order valence-corrected chi connectivity index (χ2v) is 21.3. The lowest BCUT2D eigenvalue weighted by molar-refractivity contribution is -0.384. The minimum atomic E-state index is -4.87. The van der Waals surface area contributed by atoms with Gasteiger partial charge in [-0.3, -0.25) is 24.5 Å². The Balaban J connectivity index is 0.000000414. The number of benzene rings is 2. The standard InChI is InChI=1S/C37H47ClF3N5O11S.C11H10F3NO5/c1-5-22-18-36(22,33(49)45-58(51,52)57-35(4)12-13-35)44-31(47)26-16-23(56-27-17-28(54-6-2)42-30-24(27)8-7-9-25(30)38)19-46(26)32(48)29(21-10-14-53-15-11-21)43-34(50)55-20(3)37(39,40)41;1-10(2,11(12,13)14)20-9(16)19-8-5-3-7(4-6-8)15(17)18/h7-9,17,20-23,26,29H,5-6,10-16,18-19H2,1-4H3,(H,43,50)(H,44,47)(H,45,49);3-6H,1-2H3/t20?,22-,23-,26+,29+,36-;/m1./s1. The average molecular weight is 1160 g/mol. The summed E-state index contributed by atoms with van der Waals surface area (Å²) >= 11 is 6.47. The highest BCUT2D eigenvalue weighted by Gasteiger charge is 2.62. The van der Waals surface area contributed by atoms with E-state index in [1.54, 1.807) is 39.0 Å². The van der Waals surface area contributed by atoms with Crippen LogP contribution in [0.3, 0.4) is 0 Å². The van der Waals surface area contributed by atoms with Crippen LogP contribution in [-0.4, -0.2) is 133 Å². The quantitative estimate of drug-likeness (QED) is 0.0360. The van der Waals surface area contributed by atoms with Crippen molar-refractivity contribution in [3.63, 3.8) is 0 Å². The van der Waals surface area contributed by atoms with Crippen LogP contribution in [0.1, 0.15) is 86.5 Å². The van der Waals surface area contributed by atoms with E-state index in [9.17, 15) is 68.8 Å². The molecule has 430 valence electrons. The van der Waals surface area contributed by atoms with E-state index >= 15 is 0 Å². The molecule has 2 saturated heterocycles. The zero-order chi connectivity index (χ0) is 57.8. The molecule has 1 aromatic heterocycles. The van der Waals surface area contributed by atoms with Gasteiger partial charge >= 0.3 is 34.9 Å². The number of non-ortho nitro benzene ring substituents is 1. The Bertz CT molecular complexity index is 2840. The van der Waals surface area contributed by atoms with E-state index in [2.05, 4.69) is 29.8 Å². The molecule has 4 fully saturated rings. The molecule has 0 spiro atoms. The molecule has 7 rings (SSSR count). The maximum absolute atomic E-state index is 14.7. The highest BCUT2D eigenvalue weighted by Crippen LogP contribution is 2.47. The smallest absolute Gasteiger partial charge is 0.488 e. The number of nitrogens with zero attached hydrogens (tertiary/aromatic N) is 3. The number of para-hydroxylation sites is 1. The largest absolute Gasteiger partial charge is 0.514 e. The Morgan fingerprint density at radius 3 is 2.23 bits per heavy atom. The van der Waals surface area contributed by atoms with Gasteiger partial charge in [0.25, 0.3) is 11.6 Å². The van der Waals surface area contributed by atoms with Gasteiger partial charge < -0.3 is 44.0 Å². The number of alkyl carbamates (subject to hydrolysis) is 1. The van der Waals surface area contributed by atoms with E-state index in [0.29, 0.717) is 56.0 Å². The monoisotopic (exact) mass is 1150 g/mol. The molecule has 2 aromatic carbocycles. The molecule has 4 amide bonds. The van der Waals surface area contributed by atoms with Gasteiger partial charge in [0, 0.05) is 43.2 Å². The number of hydrogen-bond donors (Lipinski definition) is 3. The number of fused-ring (bicyclic) bond motifs is 1. The van der Waals surface area contributed by atoms with Crippen LogP contribution in [-0.2, 0) is 43.1 Å². The first kappa shape index (κ1) is 60.8. The lowest BCUT2D eigenvalue weighted by Gasteiger charge is -2.34. The minimum Gasteiger partial charge on any atom is -0.488 e. The summed E-state index contributed by atoms with van der Waals surface area (Å²) in [6.45, 7) is 7.51. The lowest BCUT2D eigenvalue weighted by Crippen LogP contribution is -2.59. The summed E-state index contributed by atoms with van der Waals surface area (Å²) in [4.78, 5) is 82.2. The summed E-state index contributed by atoms with van der Waals surface area (Å²) in [5.74, 6) is -3.45. The topological polar surface area (TPSA) is 279 Å². The number of carbonyl (C=O) groups is 5. The van der Waals surface area contributed by atoms with Gasteiger partial charge in [-0.05, 0) is 103 Å². The molecular weight excluding hydrogens is 1100 g/mol. The van der Waals surface area contributed by atoms with Crippen molar-refractivity contribution in [1.82, 2.24) is 25.2 Å². The molecule has 2 aliphatic heterocycles. The van der Waals surface area contributed by atoms with Gasteiger partial charge in [-0.15, -0.1) is 0 Å². The minimum absolute atomic E-state index is 0.0912. The molecule has 6 atom stereocenters. The Morgan fingerprint density at radius 1 is 1.01 bits per heavy atom. The predicted octanol–water partition coefficient (Wildman–Crippen LogP) is 7.77. The number of rotatable bonds is 18. The molecule has 78 heavy (non-hydrogen) atoms. The zero-order valence-electron chi connectivity index (χ0n) is 42.8. The molecule has 2 aliphatic carbocycles. The van der Waals surface area contributed by atoms with Crippen LogP contribution in [0.15, 0.2) is 48.5 Å². The third kappa shape index (κ3) is 15.2. The van der Waals surface area contributed by atoms with E-state index in [4.69, 9.17) is 30.0 Å². The first-order valence-electron chi connectivity index (χ1n) is 24.4. The summed E-state index contributed by atoms with van der Waals surface area (Å²) < 4.78 is 141. The summed E-state index contributed by atoms with van der Waals surface area (Å²) in [6, 6.07) is 7.96. The van der Waals surface area contributed by atoms with Crippen LogP contribution >= 0.6 is 11.6 Å². The first-order valence-corrected chi connectivity index (χ1v) is 26.2. The number of aromatic nitrogens is 1. The van der Waals surface area contributed by atoms with Gasteiger partial charge in [0.15, 0.2) is 6.10 Å². The van der Waals surface area contributed by atoms with Crippen molar-refractivity contribution in [2.45, 2.75) is 140 Å². The summed E-state index contributed by atoms with van der Waals surface area (Å²) in [5.41, 5.74) is -5.19. The van der Waals surface area contributed by atoms with Crippen molar-refractivity contribution in [3.05, 3.63) is 63.7 Å². The Morgan fingerprint density at radius 2 is 1.67 bits per heavy atom. The molecule has 4 aliphatic rings. The number of ether oxygens (including phenoxy) is 6. The van der Waals surface area contributed by atoms with E-state index in [1.165, 1.54) is 6.07 Å². The number of nitro benzene ring substituents is 1. The molecule has 0 radical (unpaired) electrons. The molecule has 3 N–H and O–H groups in total. The van der Waals surface area contributed by atoms with Gasteiger partial charge in [0.05, 0.1) is 34.2 Å². The highest BCUT2D eigenvalue weighted by atomic mass is 35.5. The number of amides is 4. The summed E-state index contributed by atoms with van der Waals surface area (Å²) in [6.07, 6.45) is -14.3. The van der Waals surface area contributed by atoms with E-state index < -0.39 is 110 Å². The average Bonchev–Trinajstić information content (AvgIpc) is 4.29. The predicted molar refractivity (Wildman–Crippen MR) is 260 cm³/mol. The summed E-state index contributed by atoms with van der Waals surface area (Å²) in [7, 11) is -4.55. The molecule has 3 aromatic rings. The molecular formula is C48H57ClF6N6O16S. The third-order valence-electron chi connectivity index (χ3n) is 13.3. The van der Waals surface area contributed by atoms with Crippen molar-refractivity contribution in [3.8, 4) is 17.4 Å². The van der Waals surface area contributed by atoms with Gasteiger partial charge in [-0.1, -0.05) is 31.0 Å². The SMILES string of the molecule is CC(C)(OC(=O)Oc1ccc([N+](=O)[O-])cc1)C(F)(F)F.CCOc1cc(O[C@@H]2C[C@@H](C(=O)N[C@]3(C(=O)NS(=O)(=O)OC4(C)CC4)C[C@H]3CC)N(C(=O)[C@@H](NC(=O)OC(C)C(F)(F)F)C3CCOCC3)C2)c2cccc(Cl)c2n1. The maximum Gasteiger partial charge on any atom is 0.514 e. The molecule has 0 bridgehead atoms. The zero-order valence-corrected chi connectivity index (χ0v) is 44.4. The van der Waals surface area contributed by atoms with Crippen LogP contribution in [0.2, 0.25) is 5.02 Å². The van der Waals surface area contributed by atoms with E-state index in [0.717, 1.165) is 29.2 Å². The van der Waals surface area contributed by atoms with Crippen molar-refractivity contribution in [2.75, 3.05) is 26.4 Å². The fourth-order valence-electron chi connectivity index (χ4n) is 8.41. The van der Waals surface area contributed by atoms with Gasteiger partial charge in [0.2, 0.25) is 23.3 Å². The number of nitrogens with one attached hydrogen (secondary N) is 3. The first-order chi connectivity index (χ1) is 36.3. The van der Waals surface area contributed by atoms with Gasteiger partial charge in [-0.2, -0.15) is 34.8 Å². The maximum atomic E-state index is 14.7. The molecule has 3 heterocycles. The second kappa shape index (κ2) is 23.9. The number of hydrogen-bond acceptors (Lipinski definition) is 17. The summed E-state index contributed by atoms with van der Waals surface area (Å²) in [5, 5.41) is 16.2. The van der Waals surface area contributed by atoms with Gasteiger partial charge in [-0.25, -0.2) is 23.5 Å². The van der Waals surface area contributed by atoms with E-state index in [1.807, 2.05) is 4.72 Å². The van der Waals surface area contributed by atoms with Crippen molar-refractivity contribution in [2.24, 2.45) is 11.8 Å². The number of carbonyl (C=O) groups excluding carboxylic acids is 5. The fraction of sp³-hybridized carbons (Fsp3) is 0.583. The van der Waals surface area contributed by atoms with E-state index in [-0.39, 0.29) is 75.1 Å². The third-order valence-corrected chi connectivity index (χ3v) is 14.6. The van der Waals surface area contributed by atoms with Crippen LogP contribution in [0.25, 0.3) is 10.9 Å². The Kier molecular flexibility index (Phi) is 18.6. The number of halogens is 7. The molecule has 2 saturated carbocycles. The Hall–Kier alpha value is -6.46.